The summed E-state index contributed by atoms with van der Waals surface area (Å²) < 4.78 is 44.3. The second kappa shape index (κ2) is 7.36. The zero-order valence-electron chi connectivity index (χ0n) is 15.2. The Morgan fingerprint density at radius 1 is 1.14 bits per heavy atom. The summed E-state index contributed by atoms with van der Waals surface area (Å²) in [6, 6.07) is 14.1. The van der Waals surface area contributed by atoms with Gasteiger partial charge in [-0.1, -0.05) is 36.4 Å². The van der Waals surface area contributed by atoms with Crippen molar-refractivity contribution in [2.45, 2.75) is 19.5 Å². The Morgan fingerprint density at radius 2 is 1.93 bits per heavy atom. The Hall–Kier alpha value is -3.13. The van der Waals surface area contributed by atoms with Gasteiger partial charge in [0.1, 0.15) is 5.58 Å². The average molecular weight is 416 g/mol. The lowest BCUT2D eigenvalue weighted by molar-refractivity contribution is -0.137. The van der Waals surface area contributed by atoms with Crippen LogP contribution in [0.15, 0.2) is 59.0 Å². The number of fused-ring (bicyclic) bond motifs is 1. The van der Waals surface area contributed by atoms with Crippen molar-refractivity contribution in [3.05, 3.63) is 82.1 Å². The molecule has 0 aliphatic carbocycles. The number of alkyl halides is 3. The molecule has 1 amide bonds. The summed E-state index contributed by atoms with van der Waals surface area (Å²) in [5, 5.41) is 3.88. The molecule has 148 valence electrons. The molecule has 2 aromatic carbocycles. The smallest absolute Gasteiger partial charge is 0.416 e. The van der Waals surface area contributed by atoms with Crippen LogP contribution in [0.25, 0.3) is 11.0 Å². The minimum atomic E-state index is -4.38. The van der Waals surface area contributed by atoms with Crippen LogP contribution in [0.5, 0.6) is 0 Å². The Bertz CT molecular complexity index is 1160. The molecule has 0 fully saturated rings. The first kappa shape index (κ1) is 19.2. The van der Waals surface area contributed by atoms with Crippen LogP contribution in [0.3, 0.4) is 0 Å². The normalized spacial score (nSPS) is 11.7. The zero-order valence-corrected chi connectivity index (χ0v) is 16.0. The van der Waals surface area contributed by atoms with Gasteiger partial charge in [0.2, 0.25) is 0 Å². The summed E-state index contributed by atoms with van der Waals surface area (Å²) in [7, 11) is 0. The molecule has 0 saturated carbocycles. The van der Waals surface area contributed by atoms with E-state index >= 15 is 0 Å². The summed E-state index contributed by atoms with van der Waals surface area (Å²) in [6.45, 7) is 1.76. The molecule has 0 aliphatic heterocycles. The van der Waals surface area contributed by atoms with Crippen molar-refractivity contribution < 1.29 is 22.4 Å². The average Bonchev–Trinajstić information content (AvgIpc) is 3.25. The lowest BCUT2D eigenvalue weighted by Gasteiger charge is -2.08. The fraction of sp³-hybridized carbons (Fsp3) is 0.143. The van der Waals surface area contributed by atoms with E-state index in [4.69, 9.17) is 4.42 Å². The van der Waals surface area contributed by atoms with Gasteiger partial charge in [-0.25, -0.2) is 4.98 Å². The van der Waals surface area contributed by atoms with Gasteiger partial charge in [0.15, 0.2) is 10.9 Å². The van der Waals surface area contributed by atoms with Crippen molar-refractivity contribution >= 4 is 33.3 Å². The minimum Gasteiger partial charge on any atom is -0.451 e. The van der Waals surface area contributed by atoms with E-state index in [2.05, 4.69) is 10.3 Å². The second-order valence-corrected chi connectivity index (χ2v) is 7.59. The molecule has 2 heterocycles. The first-order valence-corrected chi connectivity index (χ1v) is 9.53. The summed E-state index contributed by atoms with van der Waals surface area (Å²) in [4.78, 5) is 17.6. The molecule has 0 atom stereocenters. The van der Waals surface area contributed by atoms with E-state index in [-0.39, 0.29) is 5.76 Å². The SMILES string of the molecule is Cc1nc(NC(=O)c2cc3ccccc3o2)sc1Cc1cccc(C(F)(F)F)c1. The van der Waals surface area contributed by atoms with Gasteiger partial charge in [0, 0.05) is 16.7 Å². The largest absolute Gasteiger partial charge is 0.451 e. The highest BCUT2D eigenvalue weighted by Crippen LogP contribution is 2.31. The number of hydrogen-bond acceptors (Lipinski definition) is 4. The summed E-state index contributed by atoms with van der Waals surface area (Å²) in [5.74, 6) is -0.265. The number of halogens is 3. The van der Waals surface area contributed by atoms with Gasteiger partial charge in [-0.3, -0.25) is 10.1 Å². The van der Waals surface area contributed by atoms with E-state index in [1.165, 1.54) is 17.4 Å². The number of carbonyl (C=O) groups is 1. The predicted octanol–water partition coefficient (Wildman–Crippen LogP) is 6.06. The van der Waals surface area contributed by atoms with Crippen LogP contribution in [0.2, 0.25) is 0 Å². The Kier molecular flexibility index (Phi) is 4.87. The molecule has 8 heteroatoms. The van der Waals surface area contributed by atoms with Crippen molar-refractivity contribution in [2.24, 2.45) is 0 Å². The predicted molar refractivity (Wildman–Crippen MR) is 105 cm³/mol. The van der Waals surface area contributed by atoms with Gasteiger partial charge in [-0.05, 0) is 30.7 Å². The highest BCUT2D eigenvalue weighted by atomic mass is 32.1. The highest BCUT2D eigenvalue weighted by molar-refractivity contribution is 7.15. The number of furan rings is 1. The standard InChI is InChI=1S/C21H15F3N2O2S/c1-12-18(10-13-5-4-7-15(9-13)21(22,23)24)29-20(25-12)26-19(27)17-11-14-6-2-3-8-16(14)28-17/h2-9,11H,10H2,1H3,(H,25,26,27). The fourth-order valence-electron chi connectivity index (χ4n) is 2.94. The van der Waals surface area contributed by atoms with Gasteiger partial charge in [-0.15, -0.1) is 11.3 Å². The molecule has 4 nitrogen and oxygen atoms in total. The Balaban J connectivity index is 1.51. The van der Waals surface area contributed by atoms with Crippen molar-refractivity contribution in [1.29, 1.82) is 0 Å². The van der Waals surface area contributed by atoms with Crippen LogP contribution in [-0.2, 0) is 12.6 Å². The molecule has 0 saturated heterocycles. The molecular weight excluding hydrogens is 401 g/mol. The number of thiazole rings is 1. The van der Waals surface area contributed by atoms with E-state index in [1.807, 2.05) is 18.2 Å². The van der Waals surface area contributed by atoms with Gasteiger partial charge < -0.3 is 4.42 Å². The van der Waals surface area contributed by atoms with E-state index in [0.29, 0.717) is 28.4 Å². The third-order valence-corrected chi connectivity index (χ3v) is 5.45. The molecule has 4 rings (SSSR count). The number of anilines is 1. The summed E-state index contributed by atoms with van der Waals surface area (Å²) in [6.07, 6.45) is -4.08. The van der Waals surface area contributed by atoms with Gasteiger partial charge in [-0.2, -0.15) is 13.2 Å². The molecule has 2 aromatic heterocycles. The maximum absolute atomic E-state index is 12.9. The number of benzene rings is 2. The van der Waals surface area contributed by atoms with Crippen molar-refractivity contribution in [3.8, 4) is 0 Å². The molecule has 4 aromatic rings. The molecule has 0 bridgehead atoms. The molecule has 0 aliphatic rings. The Labute approximate surface area is 168 Å². The molecule has 0 radical (unpaired) electrons. The van der Waals surface area contributed by atoms with Crippen LogP contribution >= 0.6 is 11.3 Å². The number of para-hydroxylation sites is 1. The van der Waals surface area contributed by atoms with E-state index in [9.17, 15) is 18.0 Å². The molecule has 0 spiro atoms. The van der Waals surface area contributed by atoms with E-state index in [1.54, 1.807) is 25.1 Å². The second-order valence-electron chi connectivity index (χ2n) is 6.51. The maximum atomic E-state index is 12.9. The number of rotatable bonds is 4. The number of carbonyl (C=O) groups excluding carboxylic acids is 1. The maximum Gasteiger partial charge on any atom is 0.416 e. The quantitative estimate of drug-likeness (QED) is 0.440. The first-order chi connectivity index (χ1) is 13.8. The van der Waals surface area contributed by atoms with E-state index < -0.39 is 17.6 Å². The molecule has 29 heavy (non-hydrogen) atoms. The van der Waals surface area contributed by atoms with Crippen molar-refractivity contribution in [2.75, 3.05) is 5.32 Å². The van der Waals surface area contributed by atoms with Gasteiger partial charge in [0.05, 0.1) is 11.3 Å². The minimum absolute atomic E-state index is 0.165. The number of hydrogen-bond donors (Lipinski definition) is 1. The number of nitrogens with zero attached hydrogens (tertiary/aromatic N) is 1. The van der Waals surface area contributed by atoms with Crippen molar-refractivity contribution in [3.63, 3.8) is 0 Å². The monoisotopic (exact) mass is 416 g/mol. The number of nitrogens with one attached hydrogen (secondary N) is 1. The fourth-order valence-corrected chi connectivity index (χ4v) is 3.93. The lowest BCUT2D eigenvalue weighted by atomic mass is 10.1. The van der Waals surface area contributed by atoms with Crippen LogP contribution in [0.4, 0.5) is 18.3 Å². The molecule has 0 unspecified atom stereocenters. The topological polar surface area (TPSA) is 55.1 Å². The van der Waals surface area contributed by atoms with Crippen LogP contribution in [0, 0.1) is 6.92 Å². The van der Waals surface area contributed by atoms with Crippen LogP contribution < -0.4 is 5.32 Å². The number of amides is 1. The third-order valence-electron chi connectivity index (χ3n) is 4.38. The van der Waals surface area contributed by atoms with Crippen LogP contribution in [0.1, 0.15) is 32.3 Å². The van der Waals surface area contributed by atoms with Crippen molar-refractivity contribution in [1.82, 2.24) is 4.98 Å². The van der Waals surface area contributed by atoms with Gasteiger partial charge >= 0.3 is 6.18 Å². The zero-order chi connectivity index (χ0) is 20.6. The van der Waals surface area contributed by atoms with E-state index in [0.717, 1.165) is 22.4 Å². The third kappa shape index (κ3) is 4.17. The highest BCUT2D eigenvalue weighted by Gasteiger charge is 2.30. The summed E-state index contributed by atoms with van der Waals surface area (Å²) >= 11 is 1.23. The summed E-state index contributed by atoms with van der Waals surface area (Å²) in [5.41, 5.74) is 1.11. The molecular formula is C21H15F3N2O2S. The van der Waals surface area contributed by atoms with Crippen LogP contribution in [-0.4, -0.2) is 10.9 Å². The Morgan fingerprint density at radius 3 is 2.69 bits per heavy atom. The molecule has 1 N–H and O–H groups in total. The van der Waals surface area contributed by atoms with Gasteiger partial charge in [0.25, 0.3) is 5.91 Å². The first-order valence-electron chi connectivity index (χ1n) is 8.72. The number of aromatic nitrogens is 1. The number of aryl methyl sites for hydroxylation is 1. The lowest BCUT2D eigenvalue weighted by Crippen LogP contribution is -2.10.